The summed E-state index contributed by atoms with van der Waals surface area (Å²) in [5.74, 6) is 5.58. The van der Waals surface area contributed by atoms with Crippen molar-refractivity contribution in [1.29, 1.82) is 0 Å². The highest BCUT2D eigenvalue weighted by Gasteiger charge is 2.12. The van der Waals surface area contributed by atoms with E-state index in [2.05, 4.69) is 21.4 Å². The molecule has 0 fully saturated rings. The zero-order valence-corrected chi connectivity index (χ0v) is 11.3. The molecule has 0 aliphatic heterocycles. The summed E-state index contributed by atoms with van der Waals surface area (Å²) in [5.41, 5.74) is 4.97. The number of furan rings is 1. The SMILES string of the molecule is NNC(Cc1ccoc1)c1ccc(Cl)c(Br)c1. The molecule has 1 heterocycles. The van der Waals surface area contributed by atoms with Crippen molar-refractivity contribution in [1.82, 2.24) is 5.43 Å². The Labute approximate surface area is 113 Å². The van der Waals surface area contributed by atoms with Crippen molar-refractivity contribution in [2.75, 3.05) is 0 Å². The van der Waals surface area contributed by atoms with Gasteiger partial charge in [-0.2, -0.15) is 0 Å². The van der Waals surface area contributed by atoms with Crippen LogP contribution in [0.3, 0.4) is 0 Å². The van der Waals surface area contributed by atoms with Gasteiger partial charge in [0.25, 0.3) is 0 Å². The molecule has 0 aliphatic carbocycles. The maximum Gasteiger partial charge on any atom is 0.0935 e. The molecule has 0 amide bonds. The Bertz CT molecular complexity index is 487. The van der Waals surface area contributed by atoms with Gasteiger partial charge in [0.05, 0.1) is 23.6 Å². The van der Waals surface area contributed by atoms with Crippen molar-refractivity contribution in [2.24, 2.45) is 5.84 Å². The molecule has 0 saturated heterocycles. The van der Waals surface area contributed by atoms with Gasteiger partial charge in [0.15, 0.2) is 0 Å². The van der Waals surface area contributed by atoms with E-state index in [0.29, 0.717) is 5.02 Å². The minimum atomic E-state index is 0.0289. The molecular weight excluding hydrogens is 304 g/mol. The highest BCUT2D eigenvalue weighted by molar-refractivity contribution is 9.10. The molecule has 5 heteroatoms. The number of rotatable bonds is 4. The first-order valence-electron chi connectivity index (χ1n) is 5.13. The maximum atomic E-state index is 5.96. The van der Waals surface area contributed by atoms with Gasteiger partial charge in [0, 0.05) is 4.47 Å². The summed E-state index contributed by atoms with van der Waals surface area (Å²) in [6.07, 6.45) is 4.14. The summed E-state index contributed by atoms with van der Waals surface area (Å²) in [6.45, 7) is 0. The summed E-state index contributed by atoms with van der Waals surface area (Å²) in [5, 5.41) is 0.688. The second kappa shape index (κ2) is 5.69. The molecule has 90 valence electrons. The molecule has 2 rings (SSSR count). The Morgan fingerprint density at radius 1 is 1.41 bits per heavy atom. The van der Waals surface area contributed by atoms with Crippen LogP contribution in [-0.2, 0) is 6.42 Å². The molecule has 0 spiro atoms. The summed E-state index contributed by atoms with van der Waals surface area (Å²) < 4.78 is 5.90. The average Bonchev–Trinajstić information content (AvgIpc) is 2.82. The standard InChI is InChI=1S/C12H12BrClN2O/c13-10-6-9(1-2-11(10)14)12(16-15)5-8-3-4-17-7-8/h1-4,6-7,12,16H,5,15H2. The second-order valence-electron chi connectivity index (χ2n) is 3.73. The van der Waals surface area contributed by atoms with E-state index in [1.807, 2.05) is 24.3 Å². The molecule has 1 atom stereocenters. The third kappa shape index (κ3) is 3.10. The lowest BCUT2D eigenvalue weighted by Gasteiger charge is -2.16. The maximum absolute atomic E-state index is 5.96. The molecule has 2 aromatic rings. The molecule has 0 aliphatic rings. The fourth-order valence-corrected chi connectivity index (χ4v) is 2.16. The van der Waals surface area contributed by atoms with Gasteiger partial charge >= 0.3 is 0 Å². The fourth-order valence-electron chi connectivity index (χ4n) is 1.65. The Morgan fingerprint density at radius 3 is 2.82 bits per heavy atom. The molecule has 1 aromatic carbocycles. The Hall–Kier alpha value is -0.810. The van der Waals surface area contributed by atoms with E-state index in [1.165, 1.54) is 0 Å². The van der Waals surface area contributed by atoms with Crippen LogP contribution in [0.25, 0.3) is 0 Å². The summed E-state index contributed by atoms with van der Waals surface area (Å²) in [7, 11) is 0. The first kappa shape index (κ1) is 12.6. The molecule has 0 bridgehead atoms. The predicted octanol–water partition coefficient (Wildman–Crippen LogP) is 3.44. The Balaban J connectivity index is 2.20. The summed E-state index contributed by atoms with van der Waals surface area (Å²) in [6, 6.07) is 7.72. The van der Waals surface area contributed by atoms with E-state index in [4.69, 9.17) is 21.9 Å². The topological polar surface area (TPSA) is 51.2 Å². The lowest BCUT2D eigenvalue weighted by molar-refractivity contribution is 0.536. The van der Waals surface area contributed by atoms with Gasteiger partial charge in [0.1, 0.15) is 0 Å². The van der Waals surface area contributed by atoms with E-state index in [-0.39, 0.29) is 6.04 Å². The average molecular weight is 316 g/mol. The smallest absolute Gasteiger partial charge is 0.0935 e. The van der Waals surface area contributed by atoms with E-state index < -0.39 is 0 Å². The third-order valence-corrected chi connectivity index (χ3v) is 3.78. The number of hydrogen-bond donors (Lipinski definition) is 2. The molecule has 3 nitrogen and oxygen atoms in total. The van der Waals surface area contributed by atoms with Crippen LogP contribution < -0.4 is 11.3 Å². The monoisotopic (exact) mass is 314 g/mol. The van der Waals surface area contributed by atoms with Gasteiger partial charge in [-0.15, -0.1) is 0 Å². The first-order chi connectivity index (χ1) is 8.20. The van der Waals surface area contributed by atoms with Gasteiger partial charge in [0.2, 0.25) is 0 Å². The van der Waals surface area contributed by atoms with Crippen molar-refractivity contribution in [3.8, 4) is 0 Å². The first-order valence-corrected chi connectivity index (χ1v) is 6.30. The number of hydrazine groups is 1. The van der Waals surface area contributed by atoms with Crippen LogP contribution in [-0.4, -0.2) is 0 Å². The fraction of sp³-hybridized carbons (Fsp3) is 0.167. The van der Waals surface area contributed by atoms with E-state index in [9.17, 15) is 0 Å². The number of hydrogen-bond acceptors (Lipinski definition) is 3. The van der Waals surface area contributed by atoms with Crippen molar-refractivity contribution < 1.29 is 4.42 Å². The minimum absolute atomic E-state index is 0.0289. The Morgan fingerprint density at radius 2 is 2.24 bits per heavy atom. The van der Waals surface area contributed by atoms with Crippen molar-refractivity contribution in [2.45, 2.75) is 12.5 Å². The lowest BCUT2D eigenvalue weighted by atomic mass is 10.0. The molecule has 3 N–H and O–H groups in total. The predicted molar refractivity (Wildman–Crippen MR) is 71.6 cm³/mol. The summed E-state index contributed by atoms with van der Waals surface area (Å²) in [4.78, 5) is 0. The summed E-state index contributed by atoms with van der Waals surface area (Å²) >= 11 is 9.36. The quantitative estimate of drug-likeness (QED) is 0.671. The van der Waals surface area contributed by atoms with Gasteiger partial charge in [-0.3, -0.25) is 11.3 Å². The van der Waals surface area contributed by atoms with Crippen LogP contribution >= 0.6 is 27.5 Å². The number of benzene rings is 1. The van der Waals surface area contributed by atoms with Crippen LogP contribution in [0.5, 0.6) is 0 Å². The van der Waals surface area contributed by atoms with E-state index >= 15 is 0 Å². The number of halogens is 2. The van der Waals surface area contributed by atoms with Gasteiger partial charge in [-0.05, 0) is 51.7 Å². The molecule has 0 saturated carbocycles. The van der Waals surface area contributed by atoms with Gasteiger partial charge in [-0.25, -0.2) is 0 Å². The van der Waals surface area contributed by atoms with Crippen LogP contribution in [0, 0.1) is 0 Å². The van der Waals surface area contributed by atoms with Crippen molar-refractivity contribution >= 4 is 27.5 Å². The lowest BCUT2D eigenvalue weighted by Crippen LogP contribution is -2.29. The third-order valence-electron chi connectivity index (χ3n) is 2.57. The van der Waals surface area contributed by atoms with Gasteiger partial charge in [-0.1, -0.05) is 17.7 Å². The van der Waals surface area contributed by atoms with E-state index in [0.717, 1.165) is 22.0 Å². The molecule has 1 unspecified atom stereocenters. The molecule has 1 aromatic heterocycles. The number of nitrogens with one attached hydrogen (secondary N) is 1. The van der Waals surface area contributed by atoms with Crippen molar-refractivity contribution in [3.05, 3.63) is 57.4 Å². The van der Waals surface area contributed by atoms with Crippen LogP contribution in [0.1, 0.15) is 17.2 Å². The molecule has 17 heavy (non-hydrogen) atoms. The zero-order chi connectivity index (χ0) is 12.3. The van der Waals surface area contributed by atoms with Crippen LogP contribution in [0.2, 0.25) is 5.02 Å². The highest BCUT2D eigenvalue weighted by atomic mass is 79.9. The largest absolute Gasteiger partial charge is 0.472 e. The van der Waals surface area contributed by atoms with Crippen LogP contribution in [0.15, 0.2) is 45.7 Å². The zero-order valence-electron chi connectivity index (χ0n) is 8.99. The minimum Gasteiger partial charge on any atom is -0.472 e. The highest BCUT2D eigenvalue weighted by Crippen LogP contribution is 2.27. The second-order valence-corrected chi connectivity index (χ2v) is 4.99. The molecule has 0 radical (unpaired) electrons. The number of nitrogens with two attached hydrogens (primary N) is 1. The van der Waals surface area contributed by atoms with Crippen molar-refractivity contribution in [3.63, 3.8) is 0 Å². The Kier molecular flexibility index (Phi) is 4.23. The van der Waals surface area contributed by atoms with E-state index in [1.54, 1.807) is 12.5 Å². The van der Waals surface area contributed by atoms with Gasteiger partial charge < -0.3 is 4.42 Å². The normalized spacial score (nSPS) is 12.6. The molecular formula is C12H12BrClN2O. The van der Waals surface area contributed by atoms with Crippen LogP contribution in [0.4, 0.5) is 0 Å².